The second-order valence-electron chi connectivity index (χ2n) is 4.46. The highest BCUT2D eigenvalue weighted by Gasteiger charge is 2.40. The number of benzene rings is 1. The molecule has 0 aliphatic heterocycles. The van der Waals surface area contributed by atoms with Crippen LogP contribution in [0.4, 0.5) is 0 Å². The van der Waals surface area contributed by atoms with E-state index >= 15 is 0 Å². The van der Waals surface area contributed by atoms with Gasteiger partial charge in [-0.3, -0.25) is 9.59 Å². The Labute approximate surface area is 133 Å². The fourth-order valence-electron chi connectivity index (χ4n) is 1.42. The number of para-hydroxylation sites is 1. The molecule has 0 aliphatic carbocycles. The summed E-state index contributed by atoms with van der Waals surface area (Å²) < 4.78 is 0. The van der Waals surface area contributed by atoms with Gasteiger partial charge in [0.05, 0.1) is 12.8 Å². The van der Waals surface area contributed by atoms with Crippen molar-refractivity contribution >= 4 is 23.9 Å². The summed E-state index contributed by atoms with van der Waals surface area (Å²) in [5, 5.41) is 60.0. The summed E-state index contributed by atoms with van der Waals surface area (Å²) >= 11 is 0. The van der Waals surface area contributed by atoms with Crippen molar-refractivity contribution in [2.24, 2.45) is 0 Å². The Hall–Kier alpha value is -3.34. The van der Waals surface area contributed by atoms with Crippen LogP contribution in [0, 0.1) is 0 Å². The van der Waals surface area contributed by atoms with Crippen molar-refractivity contribution in [1.29, 1.82) is 0 Å². The number of carboxylic acids is 4. The van der Waals surface area contributed by atoms with Gasteiger partial charge in [-0.25, -0.2) is 9.59 Å². The van der Waals surface area contributed by atoms with E-state index in [0.29, 0.717) is 0 Å². The van der Waals surface area contributed by atoms with E-state index in [1.54, 1.807) is 0 Å². The lowest BCUT2D eigenvalue weighted by Crippen LogP contribution is -2.42. The zero-order valence-corrected chi connectivity index (χ0v) is 11.9. The maximum atomic E-state index is 10.3. The number of phenolic OH excluding ortho intramolecular Hbond substituents is 1. The van der Waals surface area contributed by atoms with Gasteiger partial charge in [-0.05, 0) is 12.1 Å². The summed E-state index contributed by atoms with van der Waals surface area (Å²) in [4.78, 5) is 40.8. The predicted molar refractivity (Wildman–Crippen MR) is 73.8 cm³/mol. The maximum Gasteiger partial charge on any atom is 0.339 e. The number of hydrogen-bond acceptors (Lipinski definition) is 7. The number of carbonyl (C=O) groups is 4. The van der Waals surface area contributed by atoms with Crippen molar-refractivity contribution in [2.45, 2.75) is 18.4 Å². The Bertz CT molecular complexity index is 633. The number of aliphatic carboxylic acids is 3. The van der Waals surface area contributed by atoms with Gasteiger partial charge in [-0.2, -0.15) is 0 Å². The second kappa shape index (κ2) is 8.33. The van der Waals surface area contributed by atoms with Crippen LogP contribution in [-0.4, -0.2) is 65.2 Å². The molecule has 24 heavy (non-hydrogen) atoms. The molecule has 0 spiro atoms. The number of carboxylic acid groups (broad SMARTS) is 4. The smallest absolute Gasteiger partial charge is 0.339 e. The van der Waals surface area contributed by atoms with Crippen molar-refractivity contribution in [2.75, 3.05) is 0 Å². The topological polar surface area (TPSA) is 210 Å². The van der Waals surface area contributed by atoms with Crippen molar-refractivity contribution in [3.63, 3.8) is 0 Å². The quantitative estimate of drug-likeness (QED) is 0.328. The van der Waals surface area contributed by atoms with Crippen LogP contribution in [0.1, 0.15) is 23.2 Å². The number of rotatable bonds is 6. The van der Waals surface area contributed by atoms with Gasteiger partial charge in [0, 0.05) is 0 Å². The molecule has 0 radical (unpaired) electrons. The third-order valence-corrected chi connectivity index (χ3v) is 2.53. The molecule has 11 heteroatoms. The molecular weight excluding hydrogens is 332 g/mol. The molecule has 1 aromatic rings. The molecule has 1 rings (SSSR count). The molecule has 0 unspecified atom stereocenters. The normalized spacial score (nSPS) is 10.2. The molecule has 7 N–H and O–H groups in total. The van der Waals surface area contributed by atoms with Gasteiger partial charge in [-0.1, -0.05) is 6.07 Å². The van der Waals surface area contributed by atoms with Gasteiger partial charge >= 0.3 is 23.9 Å². The van der Waals surface area contributed by atoms with Crippen LogP contribution in [0.2, 0.25) is 0 Å². The standard InChI is InChI=1S/C7H6O4.C6H8O7/c8-5-3-1-2-4(6(5)9)7(10)11;7-3(8)1-6(13,5(11)12)2-4(9)10/h1-3,8-9H,(H,10,11);13H,1-2H2,(H,7,8)(H,9,10)(H,11,12). The first-order valence-electron chi connectivity index (χ1n) is 6.04. The highest BCUT2D eigenvalue weighted by Crippen LogP contribution is 2.27. The van der Waals surface area contributed by atoms with Gasteiger partial charge < -0.3 is 35.7 Å². The molecule has 0 saturated carbocycles. The number of phenols is 2. The molecule has 11 nitrogen and oxygen atoms in total. The largest absolute Gasteiger partial charge is 0.504 e. The molecule has 0 aliphatic rings. The van der Waals surface area contributed by atoms with Gasteiger partial charge in [0.2, 0.25) is 0 Å². The van der Waals surface area contributed by atoms with Crippen molar-refractivity contribution in [3.8, 4) is 11.5 Å². The molecule has 0 heterocycles. The van der Waals surface area contributed by atoms with E-state index in [2.05, 4.69) is 0 Å². The molecule has 1 aromatic carbocycles. The van der Waals surface area contributed by atoms with Crippen LogP contribution in [0.3, 0.4) is 0 Å². The van der Waals surface area contributed by atoms with Crippen LogP contribution < -0.4 is 0 Å². The van der Waals surface area contributed by atoms with Crippen LogP contribution in [0.15, 0.2) is 18.2 Å². The minimum atomic E-state index is -2.74. The second-order valence-corrected chi connectivity index (χ2v) is 4.46. The van der Waals surface area contributed by atoms with E-state index in [0.717, 1.165) is 0 Å². The van der Waals surface area contributed by atoms with E-state index < -0.39 is 53.8 Å². The van der Waals surface area contributed by atoms with Gasteiger partial charge in [-0.15, -0.1) is 0 Å². The van der Waals surface area contributed by atoms with Gasteiger partial charge in [0.1, 0.15) is 5.56 Å². The Kier molecular flexibility index (Phi) is 7.17. The lowest BCUT2D eigenvalue weighted by molar-refractivity contribution is -0.170. The molecule has 0 bridgehead atoms. The lowest BCUT2D eigenvalue weighted by Gasteiger charge is -2.18. The highest BCUT2D eigenvalue weighted by molar-refractivity contribution is 5.91. The van der Waals surface area contributed by atoms with E-state index in [-0.39, 0.29) is 5.56 Å². The fraction of sp³-hybridized carbons (Fsp3) is 0.231. The number of aliphatic hydroxyl groups is 1. The Balaban J connectivity index is 0.000000446. The summed E-state index contributed by atoms with van der Waals surface area (Å²) in [5.41, 5.74) is -3.04. The van der Waals surface area contributed by atoms with Crippen LogP contribution >= 0.6 is 0 Å². The van der Waals surface area contributed by atoms with Crippen LogP contribution in [-0.2, 0) is 14.4 Å². The fourth-order valence-corrected chi connectivity index (χ4v) is 1.42. The summed E-state index contributed by atoms with van der Waals surface area (Å²) in [6, 6.07) is 3.76. The SMILES string of the molecule is O=C(O)CC(O)(CC(=O)O)C(=O)O.O=C(O)c1cccc(O)c1O. The molecule has 0 saturated heterocycles. The Morgan fingerprint density at radius 2 is 1.33 bits per heavy atom. The Morgan fingerprint density at radius 1 is 0.875 bits per heavy atom. The highest BCUT2D eigenvalue weighted by atomic mass is 16.4. The third kappa shape index (κ3) is 6.19. The van der Waals surface area contributed by atoms with Gasteiger partial charge in [0.15, 0.2) is 17.1 Å². The number of aromatic carboxylic acids is 1. The van der Waals surface area contributed by atoms with Gasteiger partial charge in [0.25, 0.3) is 0 Å². The molecule has 0 aromatic heterocycles. The summed E-state index contributed by atoms with van der Waals surface area (Å²) in [7, 11) is 0. The Morgan fingerprint density at radius 3 is 1.62 bits per heavy atom. The number of aromatic hydroxyl groups is 2. The molecule has 0 atom stereocenters. The average Bonchev–Trinajstić information content (AvgIpc) is 2.40. The zero-order valence-electron chi connectivity index (χ0n) is 11.9. The predicted octanol–water partition coefficient (Wildman–Crippen LogP) is -0.452. The van der Waals surface area contributed by atoms with Crippen LogP contribution in [0.25, 0.3) is 0 Å². The van der Waals surface area contributed by atoms with Crippen molar-refractivity contribution in [1.82, 2.24) is 0 Å². The first-order valence-corrected chi connectivity index (χ1v) is 6.04. The summed E-state index contributed by atoms with van der Waals surface area (Å²) in [6.07, 6.45) is -2.29. The average molecular weight is 346 g/mol. The third-order valence-electron chi connectivity index (χ3n) is 2.53. The van der Waals surface area contributed by atoms with E-state index in [1.165, 1.54) is 18.2 Å². The van der Waals surface area contributed by atoms with Crippen molar-refractivity contribution in [3.05, 3.63) is 23.8 Å². The minimum absolute atomic E-state index is 0.301. The minimum Gasteiger partial charge on any atom is -0.504 e. The molecule has 0 amide bonds. The molecule has 0 fully saturated rings. The van der Waals surface area contributed by atoms with Crippen LogP contribution in [0.5, 0.6) is 11.5 Å². The number of hydrogen-bond donors (Lipinski definition) is 7. The molecule has 132 valence electrons. The first kappa shape index (κ1) is 20.7. The molecular formula is C13H14O11. The van der Waals surface area contributed by atoms with E-state index in [9.17, 15) is 19.2 Å². The van der Waals surface area contributed by atoms with Crippen molar-refractivity contribution < 1.29 is 54.9 Å². The summed E-state index contributed by atoms with van der Waals surface area (Å²) in [5.74, 6) is -7.31. The summed E-state index contributed by atoms with van der Waals surface area (Å²) in [6.45, 7) is 0. The first-order chi connectivity index (χ1) is 10.9. The van der Waals surface area contributed by atoms with E-state index in [4.69, 9.17) is 35.7 Å². The van der Waals surface area contributed by atoms with E-state index in [1.807, 2.05) is 0 Å². The maximum absolute atomic E-state index is 10.3. The monoisotopic (exact) mass is 346 g/mol. The zero-order chi connectivity index (χ0) is 19.1. The lowest BCUT2D eigenvalue weighted by atomic mass is 9.96.